The maximum Gasteiger partial charge on any atom is 0.346 e. The van der Waals surface area contributed by atoms with Crippen molar-refractivity contribution in [1.82, 2.24) is 0 Å². The van der Waals surface area contributed by atoms with Crippen LogP contribution in [0.4, 0.5) is 17.1 Å². The van der Waals surface area contributed by atoms with Crippen LogP contribution in [0.25, 0.3) is 38.4 Å². The maximum absolute atomic E-state index is 11.3. The maximum atomic E-state index is 11.3. The molecule has 0 unspecified atom stereocenters. The molecule has 0 aliphatic carbocycles. The number of carboxylic acid groups (broad SMARTS) is 1. The molecule has 1 N–H and O–H groups in total. The number of benzene rings is 4. The minimum Gasteiger partial charge on any atom is -0.497 e. The highest BCUT2D eigenvalue weighted by atomic mass is 32.1. The summed E-state index contributed by atoms with van der Waals surface area (Å²) >= 11 is 3.18. The van der Waals surface area contributed by atoms with Crippen LogP contribution in [-0.4, -0.2) is 25.3 Å². The summed E-state index contributed by atoms with van der Waals surface area (Å²) < 4.78 is 12.9. The average molecular weight is 615 g/mol. The predicted octanol–water partition coefficient (Wildman–Crippen LogP) is 9.76. The first-order valence-corrected chi connectivity index (χ1v) is 15.3. The average Bonchev–Trinajstić information content (AvgIpc) is 3.67. The number of carboxylic acids is 1. The van der Waals surface area contributed by atoms with Gasteiger partial charge in [-0.2, -0.15) is 5.26 Å². The monoisotopic (exact) mass is 614 g/mol. The Balaban J connectivity index is 1.28. The molecule has 6 nitrogen and oxygen atoms in total. The largest absolute Gasteiger partial charge is 0.497 e. The number of carbonyl (C=O) groups is 1. The zero-order chi connectivity index (χ0) is 30.6. The lowest BCUT2D eigenvalue weighted by molar-refractivity contribution is -0.132. The molecule has 0 radical (unpaired) electrons. The third-order valence-electron chi connectivity index (χ3n) is 7.13. The standard InChI is InChI=1S/C36H26N2O4S2/c1-41-28-12-8-26(9-13-28)38(27-10-14-29(42-2)15-11-27)25-6-3-23(4-7-25)5-16-30-20-32-33-21-31(19-24(22-37)36(39)40)44-35(33)18-17-34(32)43-30/h3-21H,1-2H3,(H,39,40). The third kappa shape index (κ3) is 5.92. The van der Waals surface area contributed by atoms with E-state index in [0.717, 1.165) is 64.1 Å². The van der Waals surface area contributed by atoms with Gasteiger partial charge in [-0.1, -0.05) is 18.2 Å². The fourth-order valence-electron chi connectivity index (χ4n) is 4.93. The van der Waals surface area contributed by atoms with Crippen molar-refractivity contribution >= 4 is 84.1 Å². The summed E-state index contributed by atoms with van der Waals surface area (Å²) in [6, 6.07) is 34.4. The fraction of sp³-hybridized carbons (Fsp3) is 0.0556. The van der Waals surface area contributed by atoms with E-state index in [4.69, 9.17) is 14.7 Å². The van der Waals surface area contributed by atoms with E-state index in [1.807, 2.05) is 60.7 Å². The number of methoxy groups -OCH3 is 2. The van der Waals surface area contributed by atoms with Crippen LogP contribution in [0, 0.1) is 11.3 Å². The minimum atomic E-state index is -1.22. The summed E-state index contributed by atoms with van der Waals surface area (Å²) in [5, 5.41) is 20.5. The molecule has 8 heteroatoms. The molecule has 0 aliphatic heterocycles. The fourth-order valence-corrected chi connectivity index (χ4v) is 6.93. The molecule has 2 aromatic heterocycles. The van der Waals surface area contributed by atoms with Crippen LogP contribution in [0.5, 0.6) is 11.5 Å². The van der Waals surface area contributed by atoms with Gasteiger partial charge in [0.2, 0.25) is 0 Å². The highest BCUT2D eigenvalue weighted by Crippen LogP contribution is 2.38. The number of rotatable bonds is 9. The van der Waals surface area contributed by atoms with E-state index in [0.29, 0.717) is 0 Å². The third-order valence-corrected chi connectivity index (χ3v) is 9.24. The molecule has 216 valence electrons. The van der Waals surface area contributed by atoms with Crippen molar-refractivity contribution in [3.05, 3.63) is 118 Å². The number of ether oxygens (including phenoxy) is 2. The number of hydrogen-bond donors (Lipinski definition) is 1. The van der Waals surface area contributed by atoms with Gasteiger partial charge in [0.25, 0.3) is 0 Å². The van der Waals surface area contributed by atoms with Crippen molar-refractivity contribution in [3.63, 3.8) is 0 Å². The molecule has 0 spiro atoms. The molecule has 0 saturated heterocycles. The summed E-state index contributed by atoms with van der Waals surface area (Å²) in [7, 11) is 3.32. The van der Waals surface area contributed by atoms with Gasteiger partial charge in [-0.3, -0.25) is 0 Å². The first kappa shape index (κ1) is 28.7. The molecule has 0 aliphatic rings. The molecule has 44 heavy (non-hydrogen) atoms. The van der Waals surface area contributed by atoms with Gasteiger partial charge in [-0.25, -0.2) is 4.79 Å². The molecule has 6 rings (SSSR count). The molecule has 0 amide bonds. The van der Waals surface area contributed by atoms with Crippen LogP contribution in [0.2, 0.25) is 0 Å². The Morgan fingerprint density at radius 1 is 0.727 bits per heavy atom. The van der Waals surface area contributed by atoms with Crippen LogP contribution in [0.3, 0.4) is 0 Å². The van der Waals surface area contributed by atoms with Gasteiger partial charge in [-0.05, 0) is 103 Å². The van der Waals surface area contributed by atoms with Gasteiger partial charge in [-0.15, -0.1) is 22.7 Å². The summed E-state index contributed by atoms with van der Waals surface area (Å²) in [4.78, 5) is 15.3. The minimum absolute atomic E-state index is 0.274. The van der Waals surface area contributed by atoms with Crippen LogP contribution in [0.1, 0.15) is 15.3 Å². The van der Waals surface area contributed by atoms with Gasteiger partial charge >= 0.3 is 5.97 Å². The Labute approximate surface area is 262 Å². The Kier molecular flexibility index (Phi) is 8.15. The summed E-state index contributed by atoms with van der Waals surface area (Å²) in [6.07, 6.45) is 5.65. The summed E-state index contributed by atoms with van der Waals surface area (Å²) in [5.41, 5.74) is 3.83. The number of nitrogens with zero attached hydrogens (tertiary/aromatic N) is 2. The second-order valence-corrected chi connectivity index (χ2v) is 12.0. The zero-order valence-electron chi connectivity index (χ0n) is 23.9. The molecular weight excluding hydrogens is 589 g/mol. The SMILES string of the molecule is COc1ccc(N(c2ccc(C=Cc3cc4c(ccc5sc(C=C(C#N)C(=O)O)cc54)s3)cc2)c2ccc(OC)cc2)cc1. The second-order valence-electron chi connectivity index (χ2n) is 9.82. The Hall–Kier alpha value is -5.36. The van der Waals surface area contributed by atoms with E-state index < -0.39 is 5.97 Å². The lowest BCUT2D eigenvalue weighted by Gasteiger charge is -2.26. The molecule has 2 heterocycles. The van der Waals surface area contributed by atoms with Crippen molar-refractivity contribution in [2.75, 3.05) is 19.1 Å². The van der Waals surface area contributed by atoms with Crippen molar-refractivity contribution < 1.29 is 19.4 Å². The van der Waals surface area contributed by atoms with E-state index in [2.05, 4.69) is 53.5 Å². The first-order valence-electron chi connectivity index (χ1n) is 13.6. The molecule has 6 aromatic rings. The Morgan fingerprint density at radius 2 is 1.20 bits per heavy atom. The quantitative estimate of drug-likeness (QED) is 0.129. The van der Waals surface area contributed by atoms with Gasteiger partial charge in [0.1, 0.15) is 23.1 Å². The number of aliphatic carboxylic acids is 1. The smallest absolute Gasteiger partial charge is 0.346 e. The second kappa shape index (κ2) is 12.5. The van der Waals surface area contributed by atoms with Crippen molar-refractivity contribution in [2.24, 2.45) is 0 Å². The van der Waals surface area contributed by atoms with Crippen molar-refractivity contribution in [2.45, 2.75) is 0 Å². The van der Waals surface area contributed by atoms with Crippen LogP contribution < -0.4 is 14.4 Å². The number of hydrogen-bond acceptors (Lipinski definition) is 7. The molecule has 0 fully saturated rings. The lowest BCUT2D eigenvalue weighted by Crippen LogP contribution is -2.09. The Bertz CT molecular complexity index is 2020. The van der Waals surface area contributed by atoms with E-state index in [1.165, 1.54) is 17.4 Å². The normalized spacial score (nSPS) is 11.6. The van der Waals surface area contributed by atoms with Crippen molar-refractivity contribution in [3.8, 4) is 17.6 Å². The van der Waals surface area contributed by atoms with Gasteiger partial charge in [0.05, 0.1) is 14.2 Å². The van der Waals surface area contributed by atoms with E-state index >= 15 is 0 Å². The predicted molar refractivity (Wildman–Crippen MR) is 182 cm³/mol. The molecule has 0 bridgehead atoms. The topological polar surface area (TPSA) is 82.8 Å². The zero-order valence-corrected chi connectivity index (χ0v) is 25.5. The Morgan fingerprint density at radius 3 is 1.68 bits per heavy atom. The van der Waals surface area contributed by atoms with E-state index in [-0.39, 0.29) is 5.57 Å². The number of thiophene rings is 2. The highest BCUT2D eigenvalue weighted by Gasteiger charge is 2.14. The van der Waals surface area contributed by atoms with E-state index in [1.54, 1.807) is 31.6 Å². The molecular formula is C36H26N2O4S2. The number of nitriles is 1. The van der Waals surface area contributed by atoms with Crippen molar-refractivity contribution in [1.29, 1.82) is 5.26 Å². The number of anilines is 3. The van der Waals surface area contributed by atoms with Crippen LogP contribution in [0.15, 0.2) is 103 Å². The van der Waals surface area contributed by atoms with Gasteiger partial charge in [0.15, 0.2) is 0 Å². The highest BCUT2D eigenvalue weighted by molar-refractivity contribution is 7.21. The molecule has 0 saturated carbocycles. The van der Waals surface area contributed by atoms with Crippen LogP contribution >= 0.6 is 22.7 Å². The summed E-state index contributed by atoms with van der Waals surface area (Å²) in [6.45, 7) is 0. The molecule has 4 aromatic carbocycles. The number of fused-ring (bicyclic) bond motifs is 3. The van der Waals surface area contributed by atoms with Crippen LogP contribution in [-0.2, 0) is 4.79 Å². The lowest BCUT2D eigenvalue weighted by atomic mass is 10.1. The molecule has 0 atom stereocenters. The van der Waals surface area contributed by atoms with Gasteiger partial charge in [0, 0.05) is 47.0 Å². The summed E-state index contributed by atoms with van der Waals surface area (Å²) in [5.74, 6) is 0.377. The first-order chi connectivity index (χ1) is 21.4. The van der Waals surface area contributed by atoms with Gasteiger partial charge < -0.3 is 19.5 Å². The van der Waals surface area contributed by atoms with E-state index in [9.17, 15) is 9.90 Å².